The van der Waals surface area contributed by atoms with Gasteiger partial charge in [-0.3, -0.25) is 0 Å². The SMILES string of the molecule is Nc1nc2c(-c3ccc(C(=O)O)cc3)ccc(C(=O)O)n2n1. The molecular formula is C14H10N4O4. The first-order valence-corrected chi connectivity index (χ1v) is 6.19. The summed E-state index contributed by atoms with van der Waals surface area (Å²) in [7, 11) is 0. The van der Waals surface area contributed by atoms with Crippen molar-refractivity contribution < 1.29 is 19.8 Å². The van der Waals surface area contributed by atoms with E-state index in [2.05, 4.69) is 10.1 Å². The lowest BCUT2D eigenvalue weighted by Gasteiger charge is -2.06. The minimum Gasteiger partial charge on any atom is -0.478 e. The molecule has 3 aromatic rings. The number of hydrogen-bond donors (Lipinski definition) is 3. The summed E-state index contributed by atoms with van der Waals surface area (Å²) in [4.78, 5) is 26.1. The molecule has 0 unspecified atom stereocenters. The number of pyridine rings is 1. The van der Waals surface area contributed by atoms with E-state index in [1.165, 1.54) is 18.2 Å². The third kappa shape index (κ3) is 2.12. The Morgan fingerprint density at radius 3 is 2.27 bits per heavy atom. The van der Waals surface area contributed by atoms with E-state index < -0.39 is 11.9 Å². The summed E-state index contributed by atoms with van der Waals surface area (Å²) in [5.41, 5.74) is 7.22. The van der Waals surface area contributed by atoms with Gasteiger partial charge in [0.2, 0.25) is 5.95 Å². The van der Waals surface area contributed by atoms with Gasteiger partial charge in [-0.2, -0.15) is 4.98 Å². The van der Waals surface area contributed by atoms with Crippen LogP contribution in [0.4, 0.5) is 5.95 Å². The van der Waals surface area contributed by atoms with Gasteiger partial charge in [-0.15, -0.1) is 5.10 Å². The predicted octanol–water partition coefficient (Wildman–Crippen LogP) is 1.37. The fourth-order valence-electron chi connectivity index (χ4n) is 2.16. The first-order valence-electron chi connectivity index (χ1n) is 6.19. The van der Waals surface area contributed by atoms with E-state index in [0.29, 0.717) is 16.8 Å². The van der Waals surface area contributed by atoms with Crippen molar-refractivity contribution in [3.63, 3.8) is 0 Å². The second kappa shape index (κ2) is 4.85. The predicted molar refractivity (Wildman–Crippen MR) is 76.8 cm³/mol. The number of rotatable bonds is 3. The molecule has 0 atom stereocenters. The highest BCUT2D eigenvalue weighted by Crippen LogP contribution is 2.25. The molecule has 4 N–H and O–H groups in total. The summed E-state index contributed by atoms with van der Waals surface area (Å²) in [6.07, 6.45) is 0. The average molecular weight is 298 g/mol. The number of carbonyl (C=O) groups is 2. The van der Waals surface area contributed by atoms with Crippen molar-refractivity contribution in [3.8, 4) is 11.1 Å². The van der Waals surface area contributed by atoms with Crippen LogP contribution in [0.3, 0.4) is 0 Å². The number of carboxylic acid groups (broad SMARTS) is 2. The lowest BCUT2D eigenvalue weighted by atomic mass is 10.0. The van der Waals surface area contributed by atoms with Crippen LogP contribution in [-0.2, 0) is 0 Å². The Bertz CT molecular complexity index is 899. The van der Waals surface area contributed by atoms with E-state index in [-0.39, 0.29) is 17.2 Å². The molecular weight excluding hydrogens is 288 g/mol. The van der Waals surface area contributed by atoms with Crippen LogP contribution < -0.4 is 5.73 Å². The first-order chi connectivity index (χ1) is 10.5. The zero-order valence-corrected chi connectivity index (χ0v) is 11.1. The molecule has 8 nitrogen and oxygen atoms in total. The van der Waals surface area contributed by atoms with Gasteiger partial charge in [0.1, 0.15) is 0 Å². The third-order valence-corrected chi connectivity index (χ3v) is 3.16. The Labute approximate surface area is 123 Å². The Balaban J connectivity index is 2.21. The number of benzene rings is 1. The maximum absolute atomic E-state index is 11.2. The highest BCUT2D eigenvalue weighted by Gasteiger charge is 2.16. The highest BCUT2D eigenvalue weighted by atomic mass is 16.4. The van der Waals surface area contributed by atoms with Crippen LogP contribution in [-0.4, -0.2) is 36.7 Å². The molecule has 0 radical (unpaired) electrons. The zero-order valence-electron chi connectivity index (χ0n) is 11.1. The number of nitrogen functional groups attached to an aromatic ring is 1. The fourth-order valence-corrected chi connectivity index (χ4v) is 2.16. The maximum Gasteiger partial charge on any atom is 0.354 e. The minimum absolute atomic E-state index is 0.0443. The molecule has 8 heteroatoms. The Hall–Kier alpha value is -3.42. The van der Waals surface area contributed by atoms with Crippen molar-refractivity contribution >= 4 is 23.5 Å². The maximum atomic E-state index is 11.2. The number of aromatic nitrogens is 3. The van der Waals surface area contributed by atoms with E-state index in [4.69, 9.17) is 15.9 Å². The highest BCUT2D eigenvalue weighted by molar-refractivity contribution is 5.91. The molecule has 2 heterocycles. The summed E-state index contributed by atoms with van der Waals surface area (Å²) < 4.78 is 1.15. The van der Waals surface area contributed by atoms with E-state index in [9.17, 15) is 9.59 Å². The fraction of sp³-hybridized carbons (Fsp3) is 0. The summed E-state index contributed by atoms with van der Waals surface area (Å²) in [5.74, 6) is -2.22. The quantitative estimate of drug-likeness (QED) is 0.665. The van der Waals surface area contributed by atoms with Gasteiger partial charge in [0.05, 0.1) is 5.56 Å². The van der Waals surface area contributed by atoms with Gasteiger partial charge >= 0.3 is 11.9 Å². The number of nitrogens with two attached hydrogens (primary N) is 1. The smallest absolute Gasteiger partial charge is 0.354 e. The van der Waals surface area contributed by atoms with Crippen LogP contribution in [0.2, 0.25) is 0 Å². The second-order valence-electron chi connectivity index (χ2n) is 4.53. The van der Waals surface area contributed by atoms with Crippen molar-refractivity contribution in [2.45, 2.75) is 0 Å². The summed E-state index contributed by atoms with van der Waals surface area (Å²) in [5, 5.41) is 21.9. The molecule has 0 spiro atoms. The molecule has 0 saturated carbocycles. The van der Waals surface area contributed by atoms with Crippen LogP contribution in [0.1, 0.15) is 20.8 Å². The number of carboxylic acids is 2. The number of fused-ring (bicyclic) bond motifs is 1. The topological polar surface area (TPSA) is 131 Å². The summed E-state index contributed by atoms with van der Waals surface area (Å²) in [6.45, 7) is 0. The molecule has 0 fully saturated rings. The van der Waals surface area contributed by atoms with Crippen LogP contribution in [0.5, 0.6) is 0 Å². The van der Waals surface area contributed by atoms with Gasteiger partial charge in [-0.25, -0.2) is 14.1 Å². The Morgan fingerprint density at radius 2 is 1.68 bits per heavy atom. The Morgan fingerprint density at radius 1 is 1.00 bits per heavy atom. The van der Waals surface area contributed by atoms with Crippen molar-refractivity contribution in [1.82, 2.24) is 14.6 Å². The van der Waals surface area contributed by atoms with Gasteiger partial charge in [-0.05, 0) is 29.8 Å². The van der Waals surface area contributed by atoms with Crippen LogP contribution >= 0.6 is 0 Å². The van der Waals surface area contributed by atoms with Gasteiger partial charge in [-0.1, -0.05) is 12.1 Å². The van der Waals surface area contributed by atoms with Crippen LogP contribution in [0, 0.1) is 0 Å². The molecule has 1 aromatic carbocycles. The van der Waals surface area contributed by atoms with Gasteiger partial charge in [0, 0.05) is 5.56 Å². The third-order valence-electron chi connectivity index (χ3n) is 3.16. The Kier molecular flexibility index (Phi) is 2.99. The first kappa shape index (κ1) is 13.6. The van der Waals surface area contributed by atoms with Gasteiger partial charge < -0.3 is 15.9 Å². The molecule has 0 amide bonds. The molecule has 110 valence electrons. The summed E-state index contributed by atoms with van der Waals surface area (Å²) in [6, 6.07) is 9.12. The number of nitrogens with zero attached hydrogens (tertiary/aromatic N) is 3. The molecule has 22 heavy (non-hydrogen) atoms. The van der Waals surface area contributed by atoms with Crippen molar-refractivity contribution in [3.05, 3.63) is 47.7 Å². The molecule has 0 aliphatic carbocycles. The number of aromatic carboxylic acids is 2. The van der Waals surface area contributed by atoms with E-state index in [1.807, 2.05) is 0 Å². The normalized spacial score (nSPS) is 10.7. The number of anilines is 1. The standard InChI is InChI=1S/C14H10N4O4/c15-14-16-11-9(5-6-10(13(21)22)18(11)17-14)7-1-3-8(4-2-7)12(19)20/h1-6H,(H2,15,17)(H,19,20)(H,21,22). The lowest BCUT2D eigenvalue weighted by molar-refractivity contribution is 0.0680. The molecule has 0 bridgehead atoms. The molecule has 0 aliphatic heterocycles. The van der Waals surface area contributed by atoms with Crippen molar-refractivity contribution in [1.29, 1.82) is 0 Å². The molecule has 3 rings (SSSR count). The minimum atomic E-state index is -1.15. The van der Waals surface area contributed by atoms with Crippen LogP contribution in [0.25, 0.3) is 16.8 Å². The van der Waals surface area contributed by atoms with E-state index in [1.54, 1.807) is 18.2 Å². The lowest BCUT2D eigenvalue weighted by Crippen LogP contribution is -2.07. The second-order valence-corrected chi connectivity index (χ2v) is 4.53. The molecule has 0 saturated heterocycles. The largest absolute Gasteiger partial charge is 0.478 e. The summed E-state index contributed by atoms with van der Waals surface area (Å²) >= 11 is 0. The van der Waals surface area contributed by atoms with Gasteiger partial charge in [0.25, 0.3) is 0 Å². The monoisotopic (exact) mass is 298 g/mol. The van der Waals surface area contributed by atoms with Crippen molar-refractivity contribution in [2.24, 2.45) is 0 Å². The number of hydrogen-bond acceptors (Lipinski definition) is 5. The average Bonchev–Trinajstić information content (AvgIpc) is 2.87. The zero-order chi connectivity index (χ0) is 15.9. The van der Waals surface area contributed by atoms with E-state index >= 15 is 0 Å². The molecule has 2 aromatic heterocycles. The van der Waals surface area contributed by atoms with Gasteiger partial charge in [0.15, 0.2) is 11.3 Å². The molecule has 0 aliphatic rings. The van der Waals surface area contributed by atoms with Crippen LogP contribution in [0.15, 0.2) is 36.4 Å². The van der Waals surface area contributed by atoms with E-state index in [0.717, 1.165) is 4.52 Å². The van der Waals surface area contributed by atoms with Crippen molar-refractivity contribution in [2.75, 3.05) is 5.73 Å².